The molecule has 0 aromatic rings. The largest absolute Gasteiger partial charge is 0.380 e. The molecule has 2 fully saturated rings. The first-order valence-electron chi connectivity index (χ1n) is 6.14. The molecule has 0 aromatic heterocycles. The maximum absolute atomic E-state index is 5.48. The van der Waals surface area contributed by atoms with Crippen molar-refractivity contribution in [3.63, 3.8) is 0 Å². The zero-order chi connectivity index (χ0) is 10.9. The smallest absolute Gasteiger partial charge is 0.0593 e. The van der Waals surface area contributed by atoms with Gasteiger partial charge in [0.2, 0.25) is 0 Å². The molecular formula is C12H24N2O. The van der Waals surface area contributed by atoms with Crippen molar-refractivity contribution in [2.75, 3.05) is 39.4 Å². The lowest BCUT2D eigenvalue weighted by molar-refractivity contribution is -0.0223. The first-order valence-corrected chi connectivity index (χ1v) is 6.14. The second kappa shape index (κ2) is 4.40. The van der Waals surface area contributed by atoms with Gasteiger partial charge in [0.1, 0.15) is 0 Å². The van der Waals surface area contributed by atoms with Crippen LogP contribution in [-0.4, -0.2) is 60.8 Å². The van der Waals surface area contributed by atoms with Crippen LogP contribution in [0.1, 0.15) is 27.2 Å². The fraction of sp³-hybridized carbons (Fsp3) is 1.00. The van der Waals surface area contributed by atoms with Gasteiger partial charge in [0.15, 0.2) is 0 Å². The van der Waals surface area contributed by atoms with Crippen LogP contribution in [0.15, 0.2) is 0 Å². The molecule has 0 radical (unpaired) electrons. The van der Waals surface area contributed by atoms with Crippen molar-refractivity contribution in [2.45, 2.75) is 38.8 Å². The molecule has 3 nitrogen and oxygen atoms in total. The van der Waals surface area contributed by atoms with Gasteiger partial charge in [0.25, 0.3) is 0 Å². The van der Waals surface area contributed by atoms with Gasteiger partial charge in [0.05, 0.1) is 6.61 Å². The molecule has 0 bridgehead atoms. The molecule has 0 spiro atoms. The van der Waals surface area contributed by atoms with Crippen LogP contribution in [0.25, 0.3) is 0 Å². The summed E-state index contributed by atoms with van der Waals surface area (Å²) < 4.78 is 5.48. The summed E-state index contributed by atoms with van der Waals surface area (Å²) >= 11 is 0. The number of rotatable bonds is 1. The summed E-state index contributed by atoms with van der Waals surface area (Å²) in [7, 11) is 0. The van der Waals surface area contributed by atoms with E-state index in [1.807, 2.05) is 0 Å². The second-order valence-corrected chi connectivity index (χ2v) is 5.73. The highest BCUT2D eigenvalue weighted by Gasteiger charge is 2.37. The Kier molecular flexibility index (Phi) is 3.33. The van der Waals surface area contributed by atoms with Crippen LogP contribution in [0.2, 0.25) is 0 Å². The first-order chi connectivity index (χ1) is 7.07. The molecule has 3 heteroatoms. The maximum atomic E-state index is 5.48. The molecule has 0 N–H and O–H groups in total. The van der Waals surface area contributed by atoms with Crippen LogP contribution < -0.4 is 0 Å². The standard InChI is InChI=1S/C12H24N2O/c1-12(2,3)14-9-11(10-14)13-5-4-7-15-8-6-13/h11H,4-10H2,1-3H3. The summed E-state index contributed by atoms with van der Waals surface area (Å²) in [5, 5.41) is 0. The predicted molar refractivity (Wildman–Crippen MR) is 62.1 cm³/mol. The number of nitrogens with zero attached hydrogens (tertiary/aromatic N) is 2. The molecule has 2 rings (SSSR count). The molecule has 2 aliphatic rings. The van der Waals surface area contributed by atoms with Gasteiger partial charge in [-0.05, 0) is 27.2 Å². The summed E-state index contributed by atoms with van der Waals surface area (Å²) in [6.45, 7) is 13.6. The van der Waals surface area contributed by atoms with Crippen LogP contribution in [0, 0.1) is 0 Å². The Morgan fingerprint density at radius 2 is 1.80 bits per heavy atom. The third-order valence-corrected chi connectivity index (χ3v) is 3.58. The zero-order valence-corrected chi connectivity index (χ0v) is 10.3. The van der Waals surface area contributed by atoms with E-state index in [0.717, 1.165) is 25.8 Å². The second-order valence-electron chi connectivity index (χ2n) is 5.73. The van der Waals surface area contributed by atoms with E-state index in [4.69, 9.17) is 4.74 Å². The summed E-state index contributed by atoms with van der Waals surface area (Å²) in [6, 6.07) is 0.783. The van der Waals surface area contributed by atoms with E-state index in [-0.39, 0.29) is 0 Å². The lowest BCUT2D eigenvalue weighted by atomic mass is 9.96. The Morgan fingerprint density at radius 1 is 1.07 bits per heavy atom. The molecule has 2 saturated heterocycles. The Bertz CT molecular complexity index is 198. The van der Waals surface area contributed by atoms with Gasteiger partial charge in [-0.2, -0.15) is 0 Å². The van der Waals surface area contributed by atoms with E-state index in [9.17, 15) is 0 Å². The predicted octanol–water partition coefficient (Wildman–Crippen LogP) is 1.19. The Morgan fingerprint density at radius 3 is 2.47 bits per heavy atom. The average Bonchev–Trinajstić information content (AvgIpc) is 2.27. The Hall–Kier alpha value is -0.120. The molecule has 0 aromatic carbocycles. The molecule has 0 aliphatic carbocycles. The molecule has 0 saturated carbocycles. The monoisotopic (exact) mass is 212 g/mol. The number of hydrogen-bond donors (Lipinski definition) is 0. The topological polar surface area (TPSA) is 15.7 Å². The molecule has 88 valence electrons. The van der Waals surface area contributed by atoms with Crippen molar-refractivity contribution in [2.24, 2.45) is 0 Å². The lowest BCUT2D eigenvalue weighted by Gasteiger charge is -2.51. The van der Waals surface area contributed by atoms with E-state index < -0.39 is 0 Å². The molecule has 15 heavy (non-hydrogen) atoms. The van der Waals surface area contributed by atoms with Crippen molar-refractivity contribution in [3.8, 4) is 0 Å². The third-order valence-electron chi connectivity index (χ3n) is 3.58. The maximum Gasteiger partial charge on any atom is 0.0593 e. The van der Waals surface area contributed by atoms with E-state index in [1.165, 1.54) is 26.1 Å². The highest BCUT2D eigenvalue weighted by atomic mass is 16.5. The van der Waals surface area contributed by atoms with Crippen LogP contribution in [0.4, 0.5) is 0 Å². The van der Waals surface area contributed by atoms with Crippen molar-refractivity contribution in [3.05, 3.63) is 0 Å². The third kappa shape index (κ3) is 2.71. The molecule has 2 heterocycles. The molecular weight excluding hydrogens is 188 g/mol. The zero-order valence-electron chi connectivity index (χ0n) is 10.3. The number of ether oxygens (including phenoxy) is 1. The summed E-state index contributed by atoms with van der Waals surface area (Å²) in [5.74, 6) is 0. The fourth-order valence-electron chi connectivity index (χ4n) is 2.36. The number of hydrogen-bond acceptors (Lipinski definition) is 3. The molecule has 0 amide bonds. The molecule has 2 aliphatic heterocycles. The SMILES string of the molecule is CC(C)(C)N1CC(N2CCCOCC2)C1. The van der Waals surface area contributed by atoms with Gasteiger partial charge >= 0.3 is 0 Å². The fourth-order valence-corrected chi connectivity index (χ4v) is 2.36. The highest BCUT2D eigenvalue weighted by molar-refractivity contribution is 4.94. The summed E-state index contributed by atoms with van der Waals surface area (Å²) in [6.07, 6.45) is 1.20. The van der Waals surface area contributed by atoms with Crippen molar-refractivity contribution in [1.82, 2.24) is 9.80 Å². The lowest BCUT2D eigenvalue weighted by Crippen LogP contribution is -2.64. The van der Waals surface area contributed by atoms with E-state index in [1.54, 1.807) is 0 Å². The van der Waals surface area contributed by atoms with Crippen LogP contribution >= 0.6 is 0 Å². The van der Waals surface area contributed by atoms with E-state index in [2.05, 4.69) is 30.6 Å². The van der Waals surface area contributed by atoms with Gasteiger partial charge < -0.3 is 4.74 Å². The van der Waals surface area contributed by atoms with Gasteiger partial charge in [-0.1, -0.05) is 0 Å². The number of likely N-dealkylation sites (tertiary alicyclic amines) is 1. The molecule has 0 atom stereocenters. The average molecular weight is 212 g/mol. The van der Waals surface area contributed by atoms with Crippen LogP contribution in [0.3, 0.4) is 0 Å². The minimum Gasteiger partial charge on any atom is -0.380 e. The minimum atomic E-state index is 0.346. The van der Waals surface area contributed by atoms with Crippen molar-refractivity contribution >= 4 is 0 Å². The van der Waals surface area contributed by atoms with Crippen LogP contribution in [0.5, 0.6) is 0 Å². The van der Waals surface area contributed by atoms with Gasteiger partial charge in [-0.25, -0.2) is 0 Å². The highest BCUT2D eigenvalue weighted by Crippen LogP contribution is 2.24. The van der Waals surface area contributed by atoms with Gasteiger partial charge in [-0.3, -0.25) is 9.80 Å². The first kappa shape index (κ1) is 11.4. The van der Waals surface area contributed by atoms with E-state index >= 15 is 0 Å². The van der Waals surface area contributed by atoms with E-state index in [0.29, 0.717) is 5.54 Å². The van der Waals surface area contributed by atoms with Crippen molar-refractivity contribution < 1.29 is 4.74 Å². The van der Waals surface area contributed by atoms with Crippen LogP contribution in [-0.2, 0) is 4.74 Å². The van der Waals surface area contributed by atoms with Crippen molar-refractivity contribution in [1.29, 1.82) is 0 Å². The summed E-state index contributed by atoms with van der Waals surface area (Å²) in [5.41, 5.74) is 0.346. The normalized spacial score (nSPS) is 27.4. The minimum absolute atomic E-state index is 0.346. The Balaban J connectivity index is 1.78. The Labute approximate surface area is 93.4 Å². The summed E-state index contributed by atoms with van der Waals surface area (Å²) in [4.78, 5) is 5.17. The molecule has 0 unspecified atom stereocenters. The van der Waals surface area contributed by atoms with Gasteiger partial charge in [-0.15, -0.1) is 0 Å². The van der Waals surface area contributed by atoms with Gasteiger partial charge in [0, 0.05) is 44.4 Å². The quantitative estimate of drug-likeness (QED) is 0.649.